The Balaban J connectivity index is 1.69. The number of nitrogens with one attached hydrogen (secondary N) is 2. The van der Waals surface area contributed by atoms with Crippen molar-refractivity contribution in [2.75, 3.05) is 10.6 Å². The van der Waals surface area contributed by atoms with E-state index in [-0.39, 0.29) is 28.1 Å². The van der Waals surface area contributed by atoms with Crippen molar-refractivity contribution >= 4 is 46.4 Å². The van der Waals surface area contributed by atoms with E-state index in [0.717, 1.165) is 11.6 Å². The normalized spacial score (nSPS) is 10.6. The number of hydrogen-bond acceptors (Lipinski definition) is 3. The van der Waals surface area contributed by atoms with E-state index in [1.54, 1.807) is 43.6 Å². The van der Waals surface area contributed by atoms with Gasteiger partial charge >= 0.3 is 0 Å². The lowest BCUT2D eigenvalue weighted by Crippen LogP contribution is -2.19. The third kappa shape index (κ3) is 4.68. The quantitative estimate of drug-likeness (QED) is 0.595. The fourth-order valence-corrected chi connectivity index (χ4v) is 2.98. The van der Waals surface area contributed by atoms with Crippen LogP contribution in [0.4, 0.5) is 15.8 Å². The summed E-state index contributed by atoms with van der Waals surface area (Å²) in [5.74, 6) is -1.54. The smallest absolute Gasteiger partial charge is 0.257 e. The second-order valence-corrected chi connectivity index (χ2v) is 6.80. The first-order valence-corrected chi connectivity index (χ1v) is 8.93. The Morgan fingerprint density at radius 2 is 1.93 bits per heavy atom. The van der Waals surface area contributed by atoms with Gasteiger partial charge < -0.3 is 10.6 Å². The molecule has 0 saturated heterocycles. The van der Waals surface area contributed by atoms with E-state index in [1.165, 1.54) is 10.7 Å². The lowest BCUT2D eigenvalue weighted by molar-refractivity contribution is -0.116. The zero-order chi connectivity index (χ0) is 20.3. The lowest BCUT2D eigenvalue weighted by Gasteiger charge is -2.12. The largest absolute Gasteiger partial charge is 0.324 e. The van der Waals surface area contributed by atoms with Crippen LogP contribution in [-0.2, 0) is 11.3 Å². The van der Waals surface area contributed by atoms with Gasteiger partial charge in [-0.25, -0.2) is 4.39 Å². The fourth-order valence-electron chi connectivity index (χ4n) is 2.51. The molecule has 0 aliphatic rings. The molecule has 0 atom stereocenters. The molecule has 3 rings (SSSR count). The van der Waals surface area contributed by atoms with Crippen LogP contribution in [0.3, 0.4) is 0 Å². The molecule has 1 heterocycles. The highest BCUT2D eigenvalue weighted by Gasteiger charge is 2.15. The summed E-state index contributed by atoms with van der Waals surface area (Å²) in [5, 5.41) is 9.29. The van der Waals surface area contributed by atoms with Crippen molar-refractivity contribution in [1.29, 1.82) is 0 Å². The summed E-state index contributed by atoms with van der Waals surface area (Å²) in [7, 11) is 0. The van der Waals surface area contributed by atoms with Crippen LogP contribution in [0.15, 0.2) is 48.8 Å². The van der Waals surface area contributed by atoms with E-state index in [1.807, 2.05) is 0 Å². The Hall–Kier alpha value is -2.90. The summed E-state index contributed by atoms with van der Waals surface area (Å²) >= 11 is 11.6. The number of carbonyl (C=O) groups excluding carboxylic acids is 2. The number of nitrogens with zero attached hydrogens (tertiary/aromatic N) is 2. The molecule has 0 saturated carbocycles. The third-order valence-corrected chi connectivity index (χ3v) is 4.48. The number of aryl methyl sites for hydroxylation is 1. The number of hydrogen-bond donors (Lipinski definition) is 2. The van der Waals surface area contributed by atoms with E-state index in [9.17, 15) is 14.0 Å². The molecule has 0 fully saturated rings. The molecule has 0 aliphatic carbocycles. The van der Waals surface area contributed by atoms with Gasteiger partial charge in [-0.3, -0.25) is 14.3 Å². The van der Waals surface area contributed by atoms with E-state index < -0.39 is 11.7 Å². The van der Waals surface area contributed by atoms with Crippen LogP contribution in [0, 0.1) is 12.7 Å². The van der Waals surface area contributed by atoms with Gasteiger partial charge in [-0.1, -0.05) is 23.2 Å². The maximum absolute atomic E-state index is 13.6. The molecule has 28 heavy (non-hydrogen) atoms. The molecule has 2 aromatic carbocycles. The average Bonchev–Trinajstić information content (AvgIpc) is 3.13. The van der Waals surface area contributed by atoms with E-state index >= 15 is 0 Å². The number of carbonyl (C=O) groups is 2. The average molecular weight is 421 g/mol. The zero-order valence-electron chi connectivity index (χ0n) is 14.7. The van der Waals surface area contributed by atoms with Crippen molar-refractivity contribution in [2.24, 2.45) is 0 Å². The molecule has 1 aromatic heterocycles. The Morgan fingerprint density at radius 3 is 2.61 bits per heavy atom. The first-order chi connectivity index (χ1) is 13.3. The number of rotatable bonds is 5. The molecule has 6 nitrogen and oxygen atoms in total. The first kappa shape index (κ1) is 19.9. The maximum atomic E-state index is 13.6. The monoisotopic (exact) mass is 420 g/mol. The molecule has 0 spiro atoms. The summed E-state index contributed by atoms with van der Waals surface area (Å²) in [4.78, 5) is 24.4. The van der Waals surface area contributed by atoms with Crippen molar-refractivity contribution in [3.8, 4) is 0 Å². The number of amides is 2. The van der Waals surface area contributed by atoms with Crippen molar-refractivity contribution in [2.45, 2.75) is 13.5 Å². The summed E-state index contributed by atoms with van der Waals surface area (Å²) in [6.45, 7) is 1.87. The van der Waals surface area contributed by atoms with Crippen molar-refractivity contribution in [3.05, 3.63) is 75.8 Å². The molecule has 3 aromatic rings. The molecular weight excluding hydrogens is 406 g/mol. The van der Waals surface area contributed by atoms with E-state index in [0.29, 0.717) is 11.4 Å². The second-order valence-electron chi connectivity index (χ2n) is 5.98. The van der Waals surface area contributed by atoms with Crippen LogP contribution in [0.1, 0.15) is 15.9 Å². The Labute approximate surface area is 170 Å². The highest BCUT2D eigenvalue weighted by Crippen LogP contribution is 2.26. The van der Waals surface area contributed by atoms with Crippen LogP contribution < -0.4 is 10.6 Å². The minimum absolute atomic E-state index is 0.0298. The highest BCUT2D eigenvalue weighted by atomic mass is 35.5. The number of benzene rings is 2. The topological polar surface area (TPSA) is 76.0 Å². The molecule has 0 aliphatic heterocycles. The molecule has 0 bridgehead atoms. The minimum Gasteiger partial charge on any atom is -0.324 e. The minimum atomic E-state index is -0.734. The number of halogens is 3. The van der Waals surface area contributed by atoms with E-state index in [4.69, 9.17) is 23.2 Å². The van der Waals surface area contributed by atoms with Crippen molar-refractivity contribution in [1.82, 2.24) is 9.78 Å². The van der Waals surface area contributed by atoms with Gasteiger partial charge in [-0.05, 0) is 48.9 Å². The standard InChI is InChI=1S/C19H15Cl2FN4O2/c1-11-7-12(24-19(28)13-8-16(22)15(21)9-14(13)20)3-4-17(11)25-18(27)10-26-6-2-5-23-26/h2-9H,10H2,1H3,(H,24,28)(H,25,27). The predicted octanol–water partition coefficient (Wildman–Crippen LogP) is 4.53. The van der Waals surface area contributed by atoms with Gasteiger partial charge in [-0.15, -0.1) is 0 Å². The van der Waals surface area contributed by atoms with Crippen LogP contribution in [0.2, 0.25) is 10.0 Å². The molecule has 2 N–H and O–H groups in total. The number of anilines is 2. The van der Waals surface area contributed by atoms with Gasteiger partial charge in [0.1, 0.15) is 12.4 Å². The maximum Gasteiger partial charge on any atom is 0.257 e. The highest BCUT2D eigenvalue weighted by molar-refractivity contribution is 6.37. The van der Waals surface area contributed by atoms with Gasteiger partial charge in [0.2, 0.25) is 5.91 Å². The lowest BCUT2D eigenvalue weighted by atomic mass is 10.1. The van der Waals surface area contributed by atoms with Gasteiger partial charge in [0.15, 0.2) is 0 Å². The number of aromatic nitrogens is 2. The first-order valence-electron chi connectivity index (χ1n) is 8.17. The van der Waals surface area contributed by atoms with Gasteiger partial charge in [0.05, 0.1) is 15.6 Å². The molecule has 9 heteroatoms. The Kier molecular flexibility index (Phi) is 5.96. The predicted molar refractivity (Wildman–Crippen MR) is 106 cm³/mol. The summed E-state index contributed by atoms with van der Waals surface area (Å²) in [6, 6.07) is 8.86. The SMILES string of the molecule is Cc1cc(NC(=O)c2cc(F)c(Cl)cc2Cl)ccc1NC(=O)Cn1cccn1. The van der Waals surface area contributed by atoms with Gasteiger partial charge in [0, 0.05) is 23.8 Å². The van der Waals surface area contributed by atoms with Crippen LogP contribution >= 0.6 is 23.2 Å². The van der Waals surface area contributed by atoms with Crippen molar-refractivity contribution in [3.63, 3.8) is 0 Å². The third-order valence-electron chi connectivity index (χ3n) is 3.88. The van der Waals surface area contributed by atoms with Crippen molar-refractivity contribution < 1.29 is 14.0 Å². The molecule has 2 amide bonds. The summed E-state index contributed by atoms with van der Waals surface area (Å²) in [6.07, 6.45) is 3.28. The zero-order valence-corrected chi connectivity index (χ0v) is 16.2. The van der Waals surface area contributed by atoms with Crippen LogP contribution in [0.25, 0.3) is 0 Å². The Bertz CT molecular complexity index is 1040. The molecular formula is C19H15Cl2FN4O2. The summed E-state index contributed by atoms with van der Waals surface area (Å²) in [5.41, 5.74) is 1.78. The fraction of sp³-hybridized carbons (Fsp3) is 0.105. The van der Waals surface area contributed by atoms with Crippen LogP contribution in [0.5, 0.6) is 0 Å². The molecule has 144 valence electrons. The molecule has 0 unspecified atom stereocenters. The molecule has 0 radical (unpaired) electrons. The second kappa shape index (κ2) is 8.41. The van der Waals surface area contributed by atoms with Gasteiger partial charge in [0.25, 0.3) is 5.91 Å². The van der Waals surface area contributed by atoms with E-state index in [2.05, 4.69) is 15.7 Å². The summed E-state index contributed by atoms with van der Waals surface area (Å²) < 4.78 is 15.1. The Morgan fingerprint density at radius 1 is 1.14 bits per heavy atom. The van der Waals surface area contributed by atoms with Crippen LogP contribution in [-0.4, -0.2) is 21.6 Å². The van der Waals surface area contributed by atoms with Gasteiger partial charge in [-0.2, -0.15) is 5.10 Å².